The Hall–Kier alpha value is -2.38. The van der Waals surface area contributed by atoms with Crippen LogP contribution in [0.4, 0.5) is 13.2 Å². The van der Waals surface area contributed by atoms with Gasteiger partial charge in [-0.15, -0.1) is 10.2 Å². The predicted octanol–water partition coefficient (Wildman–Crippen LogP) is 3.65. The molecule has 1 saturated carbocycles. The van der Waals surface area contributed by atoms with E-state index in [-0.39, 0.29) is 11.6 Å². The molecule has 0 spiro atoms. The van der Waals surface area contributed by atoms with Crippen LogP contribution in [0.5, 0.6) is 0 Å². The highest BCUT2D eigenvalue weighted by Gasteiger charge is 2.37. The quantitative estimate of drug-likeness (QED) is 0.835. The number of rotatable bonds is 3. The van der Waals surface area contributed by atoms with Crippen molar-refractivity contribution >= 4 is 5.91 Å². The van der Waals surface area contributed by atoms with Crippen molar-refractivity contribution < 1.29 is 18.0 Å². The first-order valence-electron chi connectivity index (χ1n) is 8.80. The first-order valence-corrected chi connectivity index (χ1v) is 8.80. The van der Waals surface area contributed by atoms with Crippen molar-refractivity contribution in [2.45, 2.75) is 43.8 Å². The number of carbonyl (C=O) groups is 1. The van der Waals surface area contributed by atoms with Gasteiger partial charge >= 0.3 is 6.18 Å². The minimum absolute atomic E-state index is 0.197. The zero-order chi connectivity index (χ0) is 18.3. The Morgan fingerprint density at radius 2 is 1.77 bits per heavy atom. The predicted molar refractivity (Wildman–Crippen MR) is 87.6 cm³/mol. The maximum atomic E-state index is 13.2. The molecule has 1 aromatic heterocycles. The van der Waals surface area contributed by atoms with E-state index in [1.807, 2.05) is 0 Å². The van der Waals surface area contributed by atoms with Gasteiger partial charge < -0.3 is 9.47 Å². The van der Waals surface area contributed by atoms with Crippen LogP contribution >= 0.6 is 0 Å². The van der Waals surface area contributed by atoms with E-state index in [4.69, 9.17) is 0 Å². The summed E-state index contributed by atoms with van der Waals surface area (Å²) in [6.45, 7) is 0.857. The molecule has 4 rings (SSSR count). The number of alkyl halides is 3. The molecule has 8 heteroatoms. The van der Waals surface area contributed by atoms with E-state index in [9.17, 15) is 18.0 Å². The summed E-state index contributed by atoms with van der Waals surface area (Å²) in [5.41, 5.74) is -1.15. The van der Waals surface area contributed by atoms with E-state index in [1.54, 1.807) is 6.33 Å². The second-order valence-corrected chi connectivity index (χ2v) is 6.94. The molecule has 1 aliphatic heterocycles. The molecule has 2 aliphatic rings. The van der Waals surface area contributed by atoms with Gasteiger partial charge in [-0.1, -0.05) is 12.1 Å². The molecule has 5 nitrogen and oxygen atoms in total. The van der Waals surface area contributed by atoms with Crippen LogP contribution in [0.25, 0.3) is 0 Å². The highest BCUT2D eigenvalue weighted by Crippen LogP contribution is 2.40. The SMILES string of the molecule is O=C(c1ccccc1C(F)(F)F)N1CCC(n2cnnc2C2CC2)CC1. The van der Waals surface area contributed by atoms with Gasteiger partial charge in [0, 0.05) is 25.0 Å². The molecule has 0 unspecified atom stereocenters. The Labute approximate surface area is 148 Å². The van der Waals surface area contributed by atoms with E-state index in [1.165, 1.54) is 23.1 Å². The van der Waals surface area contributed by atoms with Crippen molar-refractivity contribution in [1.82, 2.24) is 19.7 Å². The minimum atomic E-state index is -4.54. The third kappa shape index (κ3) is 3.20. The fourth-order valence-electron chi connectivity index (χ4n) is 3.60. The summed E-state index contributed by atoms with van der Waals surface area (Å²) < 4.78 is 41.6. The Morgan fingerprint density at radius 3 is 2.42 bits per heavy atom. The molecular weight excluding hydrogens is 345 g/mol. The molecule has 1 aromatic carbocycles. The first kappa shape index (κ1) is 17.1. The summed E-state index contributed by atoms with van der Waals surface area (Å²) in [6.07, 6.45) is 0.838. The van der Waals surface area contributed by atoms with Crippen LogP contribution in [0, 0.1) is 0 Å². The average Bonchev–Trinajstić information content (AvgIpc) is 3.37. The maximum Gasteiger partial charge on any atom is 0.417 e. The lowest BCUT2D eigenvalue weighted by atomic mass is 10.0. The lowest BCUT2D eigenvalue weighted by molar-refractivity contribution is -0.138. The van der Waals surface area contributed by atoms with Crippen LogP contribution < -0.4 is 0 Å². The topological polar surface area (TPSA) is 51.0 Å². The fraction of sp³-hybridized carbons (Fsp3) is 0.500. The number of benzene rings is 1. The molecule has 0 N–H and O–H groups in total. The smallest absolute Gasteiger partial charge is 0.338 e. The Balaban J connectivity index is 1.47. The van der Waals surface area contributed by atoms with E-state index < -0.39 is 17.6 Å². The third-order valence-corrected chi connectivity index (χ3v) is 5.15. The molecule has 2 fully saturated rings. The molecule has 1 aliphatic carbocycles. The Kier molecular flexibility index (Phi) is 4.20. The Bertz CT molecular complexity index is 805. The summed E-state index contributed by atoms with van der Waals surface area (Å²) in [5, 5.41) is 8.21. The van der Waals surface area contributed by atoms with Crippen molar-refractivity contribution in [2.24, 2.45) is 0 Å². The van der Waals surface area contributed by atoms with E-state index in [0.717, 1.165) is 24.7 Å². The summed E-state index contributed by atoms with van der Waals surface area (Å²) in [6, 6.07) is 5.18. The standard InChI is InChI=1S/C18H19F3N4O/c19-18(20,21)15-4-2-1-3-14(15)17(26)24-9-7-13(8-10-24)25-11-22-23-16(25)12-5-6-12/h1-4,11-13H,5-10H2. The van der Waals surface area contributed by atoms with Gasteiger partial charge in [-0.05, 0) is 37.8 Å². The largest absolute Gasteiger partial charge is 0.417 e. The van der Waals surface area contributed by atoms with E-state index >= 15 is 0 Å². The van der Waals surface area contributed by atoms with Crippen molar-refractivity contribution in [3.05, 3.63) is 47.5 Å². The molecule has 0 atom stereocenters. The van der Waals surface area contributed by atoms with Crippen LogP contribution in [0.3, 0.4) is 0 Å². The van der Waals surface area contributed by atoms with Gasteiger partial charge in [-0.3, -0.25) is 4.79 Å². The Morgan fingerprint density at radius 1 is 1.08 bits per heavy atom. The molecule has 26 heavy (non-hydrogen) atoms. The fourth-order valence-corrected chi connectivity index (χ4v) is 3.60. The number of hydrogen-bond donors (Lipinski definition) is 0. The van der Waals surface area contributed by atoms with Gasteiger partial charge in [0.05, 0.1) is 11.1 Å². The van der Waals surface area contributed by atoms with Crippen LogP contribution in [-0.2, 0) is 6.18 Å². The van der Waals surface area contributed by atoms with Gasteiger partial charge in [-0.2, -0.15) is 13.2 Å². The number of carbonyl (C=O) groups excluding carboxylic acids is 1. The van der Waals surface area contributed by atoms with Gasteiger partial charge in [0.2, 0.25) is 0 Å². The molecule has 0 radical (unpaired) electrons. The molecule has 138 valence electrons. The maximum absolute atomic E-state index is 13.2. The number of piperidine rings is 1. The highest BCUT2D eigenvalue weighted by molar-refractivity contribution is 5.96. The van der Waals surface area contributed by atoms with Crippen molar-refractivity contribution in [3.8, 4) is 0 Å². The summed E-state index contributed by atoms with van der Waals surface area (Å²) in [5.74, 6) is 0.926. The van der Waals surface area contributed by atoms with Crippen molar-refractivity contribution in [1.29, 1.82) is 0 Å². The average molecular weight is 364 g/mol. The number of halogens is 3. The van der Waals surface area contributed by atoms with Gasteiger partial charge in [0.25, 0.3) is 5.91 Å². The highest BCUT2D eigenvalue weighted by atomic mass is 19.4. The lowest BCUT2D eigenvalue weighted by Gasteiger charge is -2.33. The third-order valence-electron chi connectivity index (χ3n) is 5.15. The normalized spacial score (nSPS) is 19.0. The zero-order valence-corrected chi connectivity index (χ0v) is 14.1. The number of hydrogen-bond acceptors (Lipinski definition) is 3. The monoisotopic (exact) mass is 364 g/mol. The van der Waals surface area contributed by atoms with Gasteiger partial charge in [-0.25, -0.2) is 0 Å². The first-order chi connectivity index (χ1) is 12.4. The second kappa shape index (κ2) is 6.41. The van der Waals surface area contributed by atoms with Gasteiger partial charge in [0.15, 0.2) is 0 Å². The molecule has 0 bridgehead atoms. The summed E-state index contributed by atoms with van der Waals surface area (Å²) >= 11 is 0. The number of likely N-dealkylation sites (tertiary alicyclic amines) is 1. The number of aromatic nitrogens is 3. The molecule has 1 amide bonds. The minimum Gasteiger partial charge on any atom is -0.338 e. The molecule has 1 saturated heterocycles. The molecule has 2 heterocycles. The lowest BCUT2D eigenvalue weighted by Crippen LogP contribution is -2.40. The number of nitrogens with zero attached hydrogens (tertiary/aromatic N) is 4. The summed E-state index contributed by atoms with van der Waals surface area (Å²) in [4.78, 5) is 14.2. The van der Waals surface area contributed by atoms with Crippen molar-refractivity contribution in [2.75, 3.05) is 13.1 Å². The van der Waals surface area contributed by atoms with Crippen LogP contribution in [-0.4, -0.2) is 38.7 Å². The summed E-state index contributed by atoms with van der Waals surface area (Å²) in [7, 11) is 0. The molecular formula is C18H19F3N4O. The van der Waals surface area contributed by atoms with Crippen molar-refractivity contribution in [3.63, 3.8) is 0 Å². The second-order valence-electron chi connectivity index (χ2n) is 6.94. The molecule has 2 aromatic rings. The van der Waals surface area contributed by atoms with Crippen LogP contribution in [0.1, 0.15) is 59.4 Å². The van der Waals surface area contributed by atoms with Crippen LogP contribution in [0.15, 0.2) is 30.6 Å². The van der Waals surface area contributed by atoms with E-state index in [2.05, 4.69) is 14.8 Å². The number of amides is 1. The van der Waals surface area contributed by atoms with Gasteiger partial charge in [0.1, 0.15) is 12.2 Å². The van der Waals surface area contributed by atoms with Crippen LogP contribution in [0.2, 0.25) is 0 Å². The van der Waals surface area contributed by atoms with E-state index in [0.29, 0.717) is 31.8 Å². The zero-order valence-electron chi connectivity index (χ0n) is 14.1.